The second-order valence-electron chi connectivity index (χ2n) is 8.63. The quantitative estimate of drug-likeness (QED) is 0.298. The smallest absolute Gasteiger partial charge is 0.191 e. The first-order chi connectivity index (χ1) is 14.1. The Balaban J connectivity index is 0.00000320. The van der Waals surface area contributed by atoms with E-state index in [9.17, 15) is 4.39 Å². The van der Waals surface area contributed by atoms with E-state index in [1.807, 2.05) is 13.1 Å². The third-order valence-electron chi connectivity index (χ3n) is 6.84. The molecule has 1 saturated heterocycles. The molecule has 0 unspecified atom stereocenters. The molecule has 1 aromatic carbocycles. The van der Waals surface area contributed by atoms with Gasteiger partial charge in [0.25, 0.3) is 0 Å². The second kappa shape index (κ2) is 12.2. The van der Waals surface area contributed by atoms with Crippen LogP contribution in [-0.2, 0) is 14.9 Å². The number of rotatable bonds is 8. The van der Waals surface area contributed by atoms with Gasteiger partial charge in [-0.05, 0) is 55.2 Å². The predicted octanol–water partition coefficient (Wildman–Crippen LogP) is 4.25. The van der Waals surface area contributed by atoms with Crippen molar-refractivity contribution in [2.45, 2.75) is 50.4 Å². The van der Waals surface area contributed by atoms with Crippen molar-refractivity contribution in [2.24, 2.45) is 10.4 Å². The van der Waals surface area contributed by atoms with Gasteiger partial charge in [-0.1, -0.05) is 25.0 Å². The zero-order valence-corrected chi connectivity index (χ0v) is 20.7. The van der Waals surface area contributed by atoms with E-state index in [4.69, 9.17) is 9.47 Å². The number of hydrogen-bond donors (Lipinski definition) is 2. The van der Waals surface area contributed by atoms with Crippen LogP contribution in [0.4, 0.5) is 4.39 Å². The Morgan fingerprint density at radius 1 is 1.13 bits per heavy atom. The molecule has 1 aliphatic carbocycles. The minimum Gasteiger partial charge on any atom is -0.385 e. The maximum absolute atomic E-state index is 13.9. The minimum absolute atomic E-state index is 0. The first-order valence-corrected chi connectivity index (χ1v) is 10.9. The first kappa shape index (κ1) is 25.3. The summed E-state index contributed by atoms with van der Waals surface area (Å²) >= 11 is 0. The minimum atomic E-state index is -0.183. The van der Waals surface area contributed by atoms with E-state index in [0.29, 0.717) is 25.2 Å². The highest BCUT2D eigenvalue weighted by Gasteiger charge is 2.36. The molecule has 0 amide bonds. The van der Waals surface area contributed by atoms with E-state index >= 15 is 0 Å². The molecule has 2 N–H and O–H groups in total. The van der Waals surface area contributed by atoms with Gasteiger partial charge in [0.15, 0.2) is 5.96 Å². The molecule has 2 fully saturated rings. The Hall–Kier alpha value is -0.930. The number of aliphatic imine (C=N–C) groups is 1. The largest absolute Gasteiger partial charge is 0.385 e. The van der Waals surface area contributed by atoms with Crippen molar-refractivity contribution in [3.63, 3.8) is 0 Å². The van der Waals surface area contributed by atoms with Crippen LogP contribution in [0.25, 0.3) is 0 Å². The van der Waals surface area contributed by atoms with Crippen molar-refractivity contribution < 1.29 is 13.9 Å². The third-order valence-corrected chi connectivity index (χ3v) is 6.84. The summed E-state index contributed by atoms with van der Waals surface area (Å²) in [6.07, 6.45) is 7.89. The fourth-order valence-corrected chi connectivity index (χ4v) is 4.85. The average molecular weight is 533 g/mol. The van der Waals surface area contributed by atoms with Crippen LogP contribution in [0.3, 0.4) is 0 Å². The predicted molar refractivity (Wildman–Crippen MR) is 130 cm³/mol. The Morgan fingerprint density at radius 3 is 2.47 bits per heavy atom. The maximum Gasteiger partial charge on any atom is 0.191 e. The van der Waals surface area contributed by atoms with E-state index in [1.54, 1.807) is 19.2 Å². The number of nitrogens with one attached hydrogen (secondary N) is 2. The highest BCUT2D eigenvalue weighted by atomic mass is 127. The number of ether oxygens (including phenoxy) is 2. The highest BCUT2D eigenvalue weighted by molar-refractivity contribution is 14.0. The molecule has 30 heavy (non-hydrogen) atoms. The van der Waals surface area contributed by atoms with Gasteiger partial charge in [-0.15, -0.1) is 24.0 Å². The van der Waals surface area contributed by atoms with Gasteiger partial charge in [0.1, 0.15) is 5.82 Å². The van der Waals surface area contributed by atoms with Crippen LogP contribution in [0.2, 0.25) is 0 Å². The second-order valence-corrected chi connectivity index (χ2v) is 8.63. The van der Waals surface area contributed by atoms with Gasteiger partial charge >= 0.3 is 0 Å². The van der Waals surface area contributed by atoms with Crippen molar-refractivity contribution >= 4 is 29.9 Å². The fraction of sp³-hybridized carbons (Fsp3) is 0.696. The lowest BCUT2D eigenvalue weighted by molar-refractivity contribution is 0.0512. The van der Waals surface area contributed by atoms with Crippen molar-refractivity contribution in [3.8, 4) is 0 Å². The van der Waals surface area contributed by atoms with Crippen LogP contribution >= 0.6 is 24.0 Å². The molecule has 2 aliphatic rings. The van der Waals surface area contributed by atoms with Gasteiger partial charge < -0.3 is 20.1 Å². The average Bonchev–Trinajstić information content (AvgIpc) is 3.22. The van der Waals surface area contributed by atoms with Gasteiger partial charge in [0.05, 0.1) is 0 Å². The molecule has 170 valence electrons. The molecule has 7 heteroatoms. The van der Waals surface area contributed by atoms with Crippen LogP contribution in [0.15, 0.2) is 29.3 Å². The molecule has 1 saturated carbocycles. The number of guanidine groups is 1. The number of methoxy groups -OCH3 is 1. The van der Waals surface area contributed by atoms with E-state index < -0.39 is 0 Å². The molecular formula is C23H37FIN3O2. The molecule has 0 aromatic heterocycles. The zero-order chi connectivity index (χ0) is 20.6. The third kappa shape index (κ3) is 6.53. The molecule has 0 spiro atoms. The van der Waals surface area contributed by atoms with Crippen LogP contribution in [0, 0.1) is 11.2 Å². The lowest BCUT2D eigenvalue weighted by Crippen LogP contribution is -2.49. The molecule has 1 heterocycles. The van der Waals surface area contributed by atoms with Gasteiger partial charge in [-0.3, -0.25) is 4.99 Å². The van der Waals surface area contributed by atoms with Gasteiger partial charge in [0.2, 0.25) is 0 Å². The van der Waals surface area contributed by atoms with Crippen LogP contribution < -0.4 is 10.6 Å². The number of nitrogens with zero attached hydrogens (tertiary/aromatic N) is 1. The normalized spacial score (nSPS) is 20.4. The van der Waals surface area contributed by atoms with Crippen molar-refractivity contribution in [2.75, 3.05) is 47.1 Å². The van der Waals surface area contributed by atoms with Crippen LogP contribution in [0.1, 0.15) is 50.5 Å². The summed E-state index contributed by atoms with van der Waals surface area (Å²) < 4.78 is 24.8. The molecule has 5 nitrogen and oxygen atoms in total. The lowest BCUT2D eigenvalue weighted by atomic mass is 9.74. The standard InChI is InChI=1S/C23H36FN3O2.HI/c1-25-21(26-17-22(10-13-28-2)8-3-4-9-22)27-18-23(11-14-29-15-12-23)19-6-5-7-20(24)16-19;/h5-7,16H,3-4,8-15,17-18H2,1-2H3,(H2,25,26,27);1H. The summed E-state index contributed by atoms with van der Waals surface area (Å²) in [5.74, 6) is 0.633. The number of halogens is 2. The van der Waals surface area contributed by atoms with E-state index in [-0.39, 0.29) is 35.2 Å². The molecule has 0 atom stereocenters. The van der Waals surface area contributed by atoms with Crippen molar-refractivity contribution in [1.29, 1.82) is 0 Å². The molecule has 3 rings (SSSR count). The Kier molecular flexibility index (Phi) is 10.3. The Bertz CT molecular complexity index is 674. The monoisotopic (exact) mass is 533 g/mol. The van der Waals surface area contributed by atoms with Gasteiger partial charge in [-0.2, -0.15) is 0 Å². The highest BCUT2D eigenvalue weighted by Crippen LogP contribution is 2.40. The number of benzene rings is 1. The molecule has 0 bridgehead atoms. The molecule has 1 aliphatic heterocycles. The van der Waals surface area contributed by atoms with Crippen molar-refractivity contribution in [1.82, 2.24) is 10.6 Å². The zero-order valence-electron chi connectivity index (χ0n) is 18.3. The Labute approximate surface area is 197 Å². The SMILES string of the molecule is CN=C(NCC1(CCOC)CCCC1)NCC1(c2cccc(F)c2)CCOCC1.I. The van der Waals surface area contributed by atoms with E-state index in [1.165, 1.54) is 31.7 Å². The summed E-state index contributed by atoms with van der Waals surface area (Å²) in [5, 5.41) is 7.08. The Morgan fingerprint density at radius 2 is 1.83 bits per heavy atom. The topological polar surface area (TPSA) is 54.9 Å². The van der Waals surface area contributed by atoms with E-state index in [0.717, 1.165) is 43.9 Å². The summed E-state index contributed by atoms with van der Waals surface area (Å²) in [7, 11) is 3.58. The summed E-state index contributed by atoms with van der Waals surface area (Å²) in [4.78, 5) is 4.44. The number of hydrogen-bond acceptors (Lipinski definition) is 3. The summed E-state index contributed by atoms with van der Waals surface area (Å²) in [5.41, 5.74) is 1.20. The molecule has 0 radical (unpaired) electrons. The maximum atomic E-state index is 13.9. The first-order valence-electron chi connectivity index (χ1n) is 10.9. The molecular weight excluding hydrogens is 496 g/mol. The van der Waals surface area contributed by atoms with Crippen molar-refractivity contribution in [3.05, 3.63) is 35.6 Å². The van der Waals surface area contributed by atoms with Crippen LogP contribution in [-0.4, -0.2) is 53.0 Å². The van der Waals surface area contributed by atoms with E-state index in [2.05, 4.69) is 15.6 Å². The molecule has 1 aromatic rings. The summed E-state index contributed by atoms with van der Waals surface area (Å²) in [6, 6.07) is 7.01. The lowest BCUT2D eigenvalue weighted by Gasteiger charge is -2.38. The van der Waals surface area contributed by atoms with Crippen LogP contribution in [0.5, 0.6) is 0 Å². The fourth-order valence-electron chi connectivity index (χ4n) is 4.85. The van der Waals surface area contributed by atoms with Gasteiger partial charge in [0, 0.05) is 52.5 Å². The van der Waals surface area contributed by atoms with Gasteiger partial charge in [-0.25, -0.2) is 4.39 Å². The summed E-state index contributed by atoms with van der Waals surface area (Å²) in [6.45, 7) is 3.82.